The van der Waals surface area contributed by atoms with Gasteiger partial charge in [0.15, 0.2) is 0 Å². The predicted octanol–water partition coefficient (Wildman–Crippen LogP) is 9.55. The molecule has 5 aromatic rings. The van der Waals surface area contributed by atoms with Crippen molar-refractivity contribution < 1.29 is 9.13 Å². The normalized spacial score (nSPS) is 17.2. The third-order valence-electron chi connectivity index (χ3n) is 7.85. The second-order valence-corrected chi connectivity index (χ2v) is 10.2. The molecule has 0 radical (unpaired) electrons. The second kappa shape index (κ2) is 9.94. The molecule has 40 heavy (non-hydrogen) atoms. The van der Waals surface area contributed by atoms with Gasteiger partial charge in [0.05, 0.1) is 5.92 Å². The molecule has 0 spiro atoms. The van der Waals surface area contributed by atoms with Gasteiger partial charge in [-0.1, -0.05) is 115 Å². The smallest absolute Gasteiger partial charge is 0.138 e. The van der Waals surface area contributed by atoms with E-state index in [2.05, 4.69) is 60.7 Å². The molecular weight excluding hydrogens is 493 g/mol. The van der Waals surface area contributed by atoms with E-state index in [1.807, 2.05) is 54.6 Å². The van der Waals surface area contributed by atoms with E-state index in [1.165, 1.54) is 12.3 Å². The van der Waals surface area contributed by atoms with Crippen LogP contribution in [0.2, 0.25) is 0 Å². The summed E-state index contributed by atoms with van der Waals surface area (Å²) in [6, 6.07) is 39.9. The summed E-state index contributed by atoms with van der Waals surface area (Å²) in [6.45, 7) is 0. The highest BCUT2D eigenvalue weighted by atomic mass is 19.1. The molecule has 2 nitrogen and oxygen atoms in total. The first-order valence-corrected chi connectivity index (χ1v) is 13.5. The van der Waals surface area contributed by atoms with Gasteiger partial charge in [0, 0.05) is 34.4 Å². The Labute approximate surface area is 233 Å². The molecule has 7 rings (SSSR count). The van der Waals surface area contributed by atoms with E-state index in [-0.39, 0.29) is 17.7 Å². The topological polar surface area (TPSA) is 33.1 Å². The van der Waals surface area contributed by atoms with Crippen molar-refractivity contribution in [2.24, 2.45) is 5.92 Å². The molecule has 2 unspecified atom stereocenters. The molecule has 0 bridgehead atoms. The van der Waals surface area contributed by atoms with E-state index in [4.69, 9.17) is 10.1 Å². The van der Waals surface area contributed by atoms with E-state index in [0.717, 1.165) is 56.0 Å². The Kier molecular flexibility index (Phi) is 5.98. The first-order valence-electron chi connectivity index (χ1n) is 13.5. The number of benzene rings is 5. The van der Waals surface area contributed by atoms with Gasteiger partial charge in [0.2, 0.25) is 0 Å². The Morgan fingerprint density at radius 1 is 0.625 bits per heavy atom. The van der Waals surface area contributed by atoms with E-state index < -0.39 is 0 Å². The molecule has 0 saturated carbocycles. The molecule has 1 N–H and O–H groups in total. The van der Waals surface area contributed by atoms with Crippen LogP contribution in [0.4, 0.5) is 4.39 Å². The Balaban J connectivity index is 1.38. The average molecular weight is 520 g/mol. The van der Waals surface area contributed by atoms with Crippen LogP contribution in [0, 0.1) is 17.1 Å². The third-order valence-corrected chi connectivity index (χ3v) is 7.85. The second-order valence-electron chi connectivity index (χ2n) is 10.2. The van der Waals surface area contributed by atoms with Crippen molar-refractivity contribution in [3.05, 3.63) is 156 Å². The maximum Gasteiger partial charge on any atom is 0.138 e. The van der Waals surface area contributed by atoms with Gasteiger partial charge in [-0.15, -0.1) is 0 Å². The highest BCUT2D eigenvalue weighted by Crippen LogP contribution is 2.54. The number of hydrogen-bond acceptors (Lipinski definition) is 2. The van der Waals surface area contributed by atoms with Gasteiger partial charge in [0.25, 0.3) is 0 Å². The van der Waals surface area contributed by atoms with Gasteiger partial charge >= 0.3 is 0 Å². The van der Waals surface area contributed by atoms with Crippen LogP contribution in [0.15, 0.2) is 139 Å². The summed E-state index contributed by atoms with van der Waals surface area (Å²) in [5.41, 5.74) is 8.88. The van der Waals surface area contributed by atoms with Crippen molar-refractivity contribution in [3.8, 4) is 39.1 Å². The number of ether oxygens (including phenoxy) is 1. The van der Waals surface area contributed by atoms with Crippen molar-refractivity contribution in [2.75, 3.05) is 0 Å². The molecule has 1 aliphatic carbocycles. The molecule has 2 aliphatic rings. The minimum atomic E-state index is -0.235. The van der Waals surface area contributed by atoms with Crippen LogP contribution in [-0.4, -0.2) is 6.21 Å². The third kappa shape index (κ3) is 4.07. The largest absolute Gasteiger partial charge is 0.459 e. The lowest BCUT2D eigenvalue weighted by molar-refractivity contribution is 0.421. The zero-order valence-electron chi connectivity index (χ0n) is 21.7. The van der Waals surface area contributed by atoms with E-state index in [9.17, 15) is 4.39 Å². The summed E-state index contributed by atoms with van der Waals surface area (Å²) in [5.74, 6) is 1.24. The average Bonchev–Trinajstić information content (AvgIpc) is 3.41. The number of rotatable bonds is 5. The summed E-state index contributed by atoms with van der Waals surface area (Å²) < 4.78 is 21.2. The molecule has 5 aromatic carbocycles. The van der Waals surface area contributed by atoms with Crippen LogP contribution in [0.25, 0.3) is 39.0 Å². The fraction of sp³-hybridized carbons (Fsp3) is 0.0541. The highest BCUT2D eigenvalue weighted by Gasteiger charge is 2.40. The highest BCUT2D eigenvalue weighted by molar-refractivity contribution is 5.88. The van der Waals surface area contributed by atoms with Crippen molar-refractivity contribution >= 4 is 11.8 Å². The lowest BCUT2D eigenvalue weighted by Crippen LogP contribution is -2.16. The fourth-order valence-corrected chi connectivity index (χ4v) is 5.86. The molecule has 3 heteroatoms. The standard InChI is InChI=1S/C37H26FNO/c38-34-14-8-7-13-30(34)26-15-17-27(18-16-26)31-20-19-28(23-39)35-33-22-29(24-9-3-1-4-10-24)21-32(36(33)40-37(31)35)25-11-5-2-6-12-25/h1-23,28,35,39H. The Hall–Kier alpha value is -5.02. The van der Waals surface area contributed by atoms with Crippen LogP contribution in [-0.2, 0) is 0 Å². The number of hydrogen-bond donors (Lipinski definition) is 1. The van der Waals surface area contributed by atoms with Gasteiger partial charge in [-0.3, -0.25) is 0 Å². The first-order chi connectivity index (χ1) is 19.7. The number of halogens is 1. The van der Waals surface area contributed by atoms with Gasteiger partial charge in [-0.2, -0.15) is 0 Å². The van der Waals surface area contributed by atoms with Gasteiger partial charge in [-0.25, -0.2) is 4.39 Å². The van der Waals surface area contributed by atoms with Crippen LogP contribution in [0.3, 0.4) is 0 Å². The Morgan fingerprint density at radius 3 is 1.95 bits per heavy atom. The van der Waals surface area contributed by atoms with Crippen molar-refractivity contribution in [2.45, 2.75) is 5.92 Å². The molecule has 192 valence electrons. The zero-order valence-corrected chi connectivity index (χ0v) is 21.7. The zero-order chi connectivity index (χ0) is 27.1. The van der Waals surface area contributed by atoms with Crippen molar-refractivity contribution in [1.82, 2.24) is 0 Å². The van der Waals surface area contributed by atoms with Gasteiger partial charge < -0.3 is 10.1 Å². The van der Waals surface area contributed by atoms with Crippen LogP contribution >= 0.6 is 0 Å². The summed E-state index contributed by atoms with van der Waals surface area (Å²) in [5, 5.41) is 8.25. The summed E-state index contributed by atoms with van der Waals surface area (Å²) in [7, 11) is 0. The maximum atomic E-state index is 14.4. The SMILES string of the molecule is N=CC1C=CC(c2ccc(-c3ccccc3F)cc2)=C2Oc3c(-c4ccccc4)cc(-c4ccccc4)cc3C21. The monoisotopic (exact) mass is 519 g/mol. The number of nitrogens with one attached hydrogen (secondary N) is 1. The minimum absolute atomic E-state index is 0.107. The van der Waals surface area contributed by atoms with Gasteiger partial charge in [-0.05, 0) is 46.0 Å². The van der Waals surface area contributed by atoms with Crippen LogP contribution in [0.1, 0.15) is 17.0 Å². The van der Waals surface area contributed by atoms with Crippen LogP contribution in [0.5, 0.6) is 5.75 Å². The van der Waals surface area contributed by atoms with E-state index >= 15 is 0 Å². The lowest BCUT2D eigenvalue weighted by Gasteiger charge is -2.23. The number of allylic oxidation sites excluding steroid dienone is 4. The first kappa shape index (κ1) is 24.1. The molecule has 1 aliphatic heterocycles. The Bertz CT molecular complexity index is 1790. The maximum absolute atomic E-state index is 14.4. The van der Waals surface area contributed by atoms with Crippen molar-refractivity contribution in [3.63, 3.8) is 0 Å². The fourth-order valence-electron chi connectivity index (χ4n) is 5.86. The van der Waals surface area contributed by atoms with Gasteiger partial charge in [0.1, 0.15) is 17.3 Å². The molecule has 0 saturated heterocycles. The molecule has 0 amide bonds. The summed E-state index contributed by atoms with van der Waals surface area (Å²) in [6.07, 6.45) is 5.66. The number of fused-ring (bicyclic) bond motifs is 3. The molecular formula is C37H26FNO. The predicted molar refractivity (Wildman–Crippen MR) is 161 cm³/mol. The minimum Gasteiger partial charge on any atom is -0.459 e. The Morgan fingerprint density at radius 2 is 1.25 bits per heavy atom. The van der Waals surface area contributed by atoms with E-state index in [1.54, 1.807) is 12.1 Å². The summed E-state index contributed by atoms with van der Waals surface area (Å²) >= 11 is 0. The van der Waals surface area contributed by atoms with Crippen molar-refractivity contribution in [1.29, 1.82) is 5.41 Å². The van der Waals surface area contributed by atoms with Crippen LogP contribution < -0.4 is 4.74 Å². The molecule has 2 atom stereocenters. The molecule has 0 fully saturated rings. The molecule has 0 aromatic heterocycles. The molecule has 1 heterocycles. The van der Waals surface area contributed by atoms with E-state index in [0.29, 0.717) is 5.56 Å². The quantitative estimate of drug-likeness (QED) is 0.230. The summed E-state index contributed by atoms with van der Waals surface area (Å²) in [4.78, 5) is 0. The lowest BCUT2D eigenvalue weighted by atomic mass is 9.78.